The lowest BCUT2D eigenvalue weighted by Gasteiger charge is -2.15. The highest BCUT2D eigenvalue weighted by molar-refractivity contribution is 5.87. The van der Waals surface area contributed by atoms with Gasteiger partial charge in [-0.1, -0.05) is 0 Å². The Morgan fingerprint density at radius 1 is 1.31 bits per heavy atom. The van der Waals surface area contributed by atoms with E-state index in [1.165, 1.54) is 0 Å². The van der Waals surface area contributed by atoms with Gasteiger partial charge in [0.05, 0.1) is 12.6 Å². The van der Waals surface area contributed by atoms with Crippen molar-refractivity contribution in [3.8, 4) is 0 Å². The number of carboxylic acid groups (broad SMARTS) is 1. The summed E-state index contributed by atoms with van der Waals surface area (Å²) in [6.45, 7) is -0.733. The van der Waals surface area contributed by atoms with Crippen LogP contribution in [0.1, 0.15) is 12.8 Å². The Kier molecular flexibility index (Phi) is 6.04. The molecule has 2 atom stereocenters. The maximum absolute atomic E-state index is 11.3. The smallest absolute Gasteiger partial charge is 0.328 e. The second-order valence-electron chi connectivity index (χ2n) is 3.19. The van der Waals surface area contributed by atoms with E-state index in [-0.39, 0.29) is 12.8 Å². The molecule has 0 radical (unpaired) electrons. The number of amides is 2. The molecule has 0 fully saturated rings. The summed E-state index contributed by atoms with van der Waals surface area (Å²) in [5.41, 5.74) is 10.2. The summed E-state index contributed by atoms with van der Waals surface area (Å²) in [4.78, 5) is 32.1. The number of carboxylic acids is 1. The molecule has 8 nitrogen and oxygen atoms in total. The number of carbonyl (C=O) groups is 3. The van der Waals surface area contributed by atoms with Crippen LogP contribution in [0, 0.1) is 0 Å². The van der Waals surface area contributed by atoms with E-state index in [2.05, 4.69) is 0 Å². The molecular formula is C8H15N3O5. The minimum atomic E-state index is -1.40. The summed E-state index contributed by atoms with van der Waals surface area (Å²) in [5, 5.41) is 19.2. The Morgan fingerprint density at radius 3 is 2.25 bits per heavy atom. The second kappa shape index (κ2) is 6.75. The largest absolute Gasteiger partial charge is 0.480 e. The van der Waals surface area contributed by atoms with E-state index in [4.69, 9.17) is 21.7 Å². The van der Waals surface area contributed by atoms with Crippen molar-refractivity contribution < 1.29 is 24.6 Å². The Hall–Kier alpha value is -1.67. The van der Waals surface area contributed by atoms with Gasteiger partial charge in [-0.25, -0.2) is 4.79 Å². The standard InChI is InChI=1S/C8H15N3O5/c9-4(1-2-6(10)13)7(14)11-5(3-12)8(15)16/h4-5,12H,1-3,9H2,(H2,10,13)(H,11,14)(H,15,16). The van der Waals surface area contributed by atoms with Crippen molar-refractivity contribution in [3.63, 3.8) is 0 Å². The number of nitrogens with two attached hydrogens (primary N) is 2. The third kappa shape index (κ3) is 5.27. The normalized spacial score (nSPS) is 13.9. The number of carbonyl (C=O) groups excluding carboxylic acids is 2. The fourth-order valence-electron chi connectivity index (χ4n) is 0.893. The lowest BCUT2D eigenvalue weighted by Crippen LogP contribution is -2.50. The zero-order valence-corrected chi connectivity index (χ0v) is 8.55. The van der Waals surface area contributed by atoms with Crippen molar-refractivity contribution in [2.75, 3.05) is 6.61 Å². The average molecular weight is 233 g/mol. The number of aliphatic hydroxyl groups is 1. The number of nitrogens with one attached hydrogen (secondary N) is 1. The maximum Gasteiger partial charge on any atom is 0.328 e. The molecule has 0 bridgehead atoms. The molecule has 0 aliphatic heterocycles. The Bertz CT molecular complexity index is 281. The maximum atomic E-state index is 11.3. The van der Waals surface area contributed by atoms with Crippen molar-refractivity contribution in [2.24, 2.45) is 11.5 Å². The van der Waals surface area contributed by atoms with Crippen molar-refractivity contribution in [2.45, 2.75) is 24.9 Å². The van der Waals surface area contributed by atoms with E-state index >= 15 is 0 Å². The molecule has 0 aliphatic rings. The number of hydrogen-bond acceptors (Lipinski definition) is 5. The van der Waals surface area contributed by atoms with Crippen LogP contribution in [0.5, 0.6) is 0 Å². The first-order chi connectivity index (χ1) is 7.38. The first kappa shape index (κ1) is 14.3. The predicted octanol–water partition coefficient (Wildman–Crippen LogP) is -2.86. The molecule has 0 spiro atoms. The number of primary amides is 1. The van der Waals surface area contributed by atoms with Gasteiger partial charge in [0.25, 0.3) is 0 Å². The van der Waals surface area contributed by atoms with Gasteiger partial charge in [0.2, 0.25) is 11.8 Å². The van der Waals surface area contributed by atoms with E-state index in [1.54, 1.807) is 0 Å². The summed E-state index contributed by atoms with van der Waals surface area (Å²) in [7, 11) is 0. The molecule has 0 aromatic heterocycles. The fraction of sp³-hybridized carbons (Fsp3) is 0.625. The summed E-state index contributed by atoms with van der Waals surface area (Å²) < 4.78 is 0. The Morgan fingerprint density at radius 2 is 1.88 bits per heavy atom. The van der Waals surface area contributed by atoms with Gasteiger partial charge in [0.1, 0.15) is 6.04 Å². The van der Waals surface area contributed by atoms with Gasteiger partial charge in [-0.2, -0.15) is 0 Å². The molecule has 7 N–H and O–H groups in total. The van der Waals surface area contributed by atoms with E-state index in [0.717, 1.165) is 0 Å². The molecule has 0 saturated heterocycles. The van der Waals surface area contributed by atoms with E-state index in [9.17, 15) is 14.4 Å². The monoisotopic (exact) mass is 233 g/mol. The molecule has 0 aromatic carbocycles. The van der Waals surface area contributed by atoms with E-state index in [1.807, 2.05) is 5.32 Å². The molecule has 2 amide bonds. The van der Waals surface area contributed by atoms with Crippen molar-refractivity contribution in [1.82, 2.24) is 5.32 Å². The van der Waals surface area contributed by atoms with Crippen molar-refractivity contribution >= 4 is 17.8 Å². The summed E-state index contributed by atoms with van der Waals surface area (Å²) in [6, 6.07) is -2.42. The van der Waals surface area contributed by atoms with Crippen LogP contribution in [0.4, 0.5) is 0 Å². The number of hydrogen-bond donors (Lipinski definition) is 5. The fourth-order valence-corrected chi connectivity index (χ4v) is 0.893. The molecule has 0 saturated carbocycles. The van der Waals surface area contributed by atoms with Crippen LogP contribution < -0.4 is 16.8 Å². The van der Waals surface area contributed by atoms with Crippen LogP contribution in [-0.2, 0) is 14.4 Å². The van der Waals surface area contributed by atoms with Gasteiger partial charge >= 0.3 is 5.97 Å². The van der Waals surface area contributed by atoms with Crippen LogP contribution in [0.15, 0.2) is 0 Å². The molecule has 16 heavy (non-hydrogen) atoms. The SMILES string of the molecule is NC(=O)CCC(N)C(=O)NC(CO)C(=O)O. The van der Waals surface area contributed by atoms with E-state index < -0.39 is 36.5 Å². The highest BCUT2D eigenvalue weighted by Crippen LogP contribution is 1.95. The number of aliphatic hydroxyl groups excluding tert-OH is 1. The summed E-state index contributed by atoms with van der Waals surface area (Å²) >= 11 is 0. The predicted molar refractivity (Wildman–Crippen MR) is 53.1 cm³/mol. The Labute approximate surface area is 91.6 Å². The van der Waals surface area contributed by atoms with Gasteiger partial charge in [-0.05, 0) is 6.42 Å². The molecule has 92 valence electrons. The molecule has 8 heteroatoms. The third-order valence-corrected chi connectivity index (χ3v) is 1.84. The van der Waals surface area contributed by atoms with Gasteiger partial charge in [0, 0.05) is 6.42 Å². The summed E-state index contributed by atoms with van der Waals surface area (Å²) in [6.07, 6.45) is -0.0373. The van der Waals surface area contributed by atoms with E-state index in [0.29, 0.717) is 0 Å². The summed E-state index contributed by atoms with van der Waals surface area (Å²) in [5.74, 6) is -2.71. The van der Waals surface area contributed by atoms with Crippen molar-refractivity contribution in [1.29, 1.82) is 0 Å². The molecule has 0 aromatic rings. The number of rotatable bonds is 7. The lowest BCUT2D eigenvalue weighted by molar-refractivity contribution is -0.143. The van der Waals surface area contributed by atoms with Crippen LogP contribution in [0.2, 0.25) is 0 Å². The number of aliphatic carboxylic acids is 1. The second-order valence-corrected chi connectivity index (χ2v) is 3.19. The average Bonchev–Trinajstić information content (AvgIpc) is 2.21. The van der Waals surface area contributed by atoms with Gasteiger partial charge < -0.3 is 27.0 Å². The quantitative estimate of drug-likeness (QED) is 0.318. The van der Waals surface area contributed by atoms with Gasteiger partial charge in [-0.3, -0.25) is 9.59 Å². The van der Waals surface area contributed by atoms with Crippen LogP contribution in [-0.4, -0.2) is 46.7 Å². The molecule has 0 aliphatic carbocycles. The van der Waals surface area contributed by atoms with Crippen LogP contribution >= 0.6 is 0 Å². The van der Waals surface area contributed by atoms with Gasteiger partial charge in [0.15, 0.2) is 0 Å². The molecule has 0 heterocycles. The zero-order valence-electron chi connectivity index (χ0n) is 8.55. The zero-order chi connectivity index (χ0) is 12.7. The Balaban J connectivity index is 4.13. The highest BCUT2D eigenvalue weighted by atomic mass is 16.4. The molecule has 2 unspecified atom stereocenters. The topological polar surface area (TPSA) is 156 Å². The minimum absolute atomic E-state index is 0.0267. The van der Waals surface area contributed by atoms with Crippen LogP contribution in [0.3, 0.4) is 0 Å². The van der Waals surface area contributed by atoms with Crippen LogP contribution in [0.25, 0.3) is 0 Å². The minimum Gasteiger partial charge on any atom is -0.480 e. The highest BCUT2D eigenvalue weighted by Gasteiger charge is 2.22. The van der Waals surface area contributed by atoms with Crippen molar-refractivity contribution in [3.05, 3.63) is 0 Å². The first-order valence-corrected chi connectivity index (χ1v) is 4.56. The van der Waals surface area contributed by atoms with Gasteiger partial charge in [-0.15, -0.1) is 0 Å². The molecule has 0 rings (SSSR count). The third-order valence-electron chi connectivity index (χ3n) is 1.84. The lowest BCUT2D eigenvalue weighted by atomic mass is 10.1. The first-order valence-electron chi connectivity index (χ1n) is 4.56. The molecular weight excluding hydrogens is 218 g/mol.